The van der Waals surface area contributed by atoms with Crippen LogP contribution in [0.3, 0.4) is 0 Å². The first-order chi connectivity index (χ1) is 9.63. The second kappa shape index (κ2) is 6.48. The van der Waals surface area contributed by atoms with Gasteiger partial charge in [0, 0.05) is 19.8 Å². The Balaban J connectivity index is 2.15. The van der Waals surface area contributed by atoms with Crippen molar-refractivity contribution in [3.05, 3.63) is 47.1 Å². The van der Waals surface area contributed by atoms with Gasteiger partial charge in [0.05, 0.1) is 24.4 Å². The van der Waals surface area contributed by atoms with Crippen molar-refractivity contribution in [3.8, 4) is 5.75 Å². The third-order valence-corrected chi connectivity index (χ3v) is 3.42. The quantitative estimate of drug-likeness (QED) is 0.916. The highest BCUT2D eigenvalue weighted by Crippen LogP contribution is 2.22. The second-order valence-corrected chi connectivity index (χ2v) is 4.84. The third-order valence-electron chi connectivity index (χ3n) is 3.07. The lowest BCUT2D eigenvalue weighted by molar-refractivity contribution is 0.415. The zero-order valence-corrected chi connectivity index (χ0v) is 12.6. The van der Waals surface area contributed by atoms with Crippen LogP contribution in [0.4, 0.5) is 11.5 Å². The van der Waals surface area contributed by atoms with E-state index in [4.69, 9.17) is 16.3 Å². The molecular weight excluding hydrogens is 274 g/mol. The van der Waals surface area contributed by atoms with Gasteiger partial charge in [-0.25, -0.2) is 4.98 Å². The lowest BCUT2D eigenvalue weighted by Gasteiger charge is -2.20. The Kier molecular flexibility index (Phi) is 4.69. The number of anilines is 2. The molecule has 1 aromatic carbocycles. The standard InChI is InChI=1S/C15H18ClN3O/c1-17-15-9-8-13(16)14(18-15)10-19(2)11-4-6-12(20-3)7-5-11/h4-9H,10H2,1-3H3,(H,17,18). The molecule has 0 fully saturated rings. The van der Waals surface area contributed by atoms with Gasteiger partial charge >= 0.3 is 0 Å². The van der Waals surface area contributed by atoms with Crippen LogP contribution in [0.5, 0.6) is 5.75 Å². The third kappa shape index (κ3) is 3.33. The maximum absolute atomic E-state index is 6.20. The first-order valence-corrected chi connectivity index (χ1v) is 6.70. The van der Waals surface area contributed by atoms with Crippen LogP contribution in [0, 0.1) is 0 Å². The number of halogens is 1. The Morgan fingerprint density at radius 1 is 1.20 bits per heavy atom. The lowest BCUT2D eigenvalue weighted by atomic mass is 10.2. The summed E-state index contributed by atoms with van der Waals surface area (Å²) >= 11 is 6.20. The Bertz CT molecular complexity index is 572. The van der Waals surface area contributed by atoms with Gasteiger partial charge < -0.3 is 15.0 Å². The molecule has 0 bridgehead atoms. The number of methoxy groups -OCH3 is 1. The summed E-state index contributed by atoms with van der Waals surface area (Å²) in [5.74, 6) is 1.66. The molecule has 0 radical (unpaired) electrons. The van der Waals surface area contributed by atoms with E-state index < -0.39 is 0 Å². The van der Waals surface area contributed by atoms with Crippen LogP contribution in [-0.2, 0) is 6.54 Å². The van der Waals surface area contributed by atoms with E-state index in [0.29, 0.717) is 11.6 Å². The van der Waals surface area contributed by atoms with E-state index in [0.717, 1.165) is 22.9 Å². The summed E-state index contributed by atoms with van der Waals surface area (Å²) in [4.78, 5) is 6.57. The average molecular weight is 292 g/mol. The Hall–Kier alpha value is -1.94. The molecule has 0 spiro atoms. The average Bonchev–Trinajstić information content (AvgIpc) is 2.49. The van der Waals surface area contributed by atoms with Crippen LogP contribution in [0.1, 0.15) is 5.69 Å². The van der Waals surface area contributed by atoms with Gasteiger partial charge in [0.25, 0.3) is 0 Å². The fourth-order valence-electron chi connectivity index (χ4n) is 1.89. The molecule has 0 saturated heterocycles. The van der Waals surface area contributed by atoms with E-state index in [9.17, 15) is 0 Å². The zero-order chi connectivity index (χ0) is 14.5. The summed E-state index contributed by atoms with van der Waals surface area (Å²) < 4.78 is 5.16. The van der Waals surface area contributed by atoms with Crippen molar-refractivity contribution in [2.75, 3.05) is 31.4 Å². The summed E-state index contributed by atoms with van der Waals surface area (Å²) in [6.07, 6.45) is 0. The summed E-state index contributed by atoms with van der Waals surface area (Å²) in [5, 5.41) is 3.69. The fraction of sp³-hybridized carbons (Fsp3) is 0.267. The van der Waals surface area contributed by atoms with E-state index in [1.165, 1.54) is 0 Å². The maximum atomic E-state index is 6.20. The molecule has 2 aromatic rings. The Morgan fingerprint density at radius 3 is 2.50 bits per heavy atom. The van der Waals surface area contributed by atoms with Crippen molar-refractivity contribution < 1.29 is 4.74 Å². The Labute approximate surface area is 124 Å². The fourth-order valence-corrected chi connectivity index (χ4v) is 2.05. The molecule has 106 valence electrons. The minimum Gasteiger partial charge on any atom is -0.497 e. The minimum absolute atomic E-state index is 0.640. The molecule has 0 aliphatic carbocycles. The molecule has 0 atom stereocenters. The predicted molar refractivity (Wildman–Crippen MR) is 83.9 cm³/mol. The van der Waals surface area contributed by atoms with Crippen molar-refractivity contribution in [2.45, 2.75) is 6.54 Å². The minimum atomic E-state index is 0.640. The van der Waals surface area contributed by atoms with Gasteiger partial charge in [-0.2, -0.15) is 0 Å². The number of benzene rings is 1. The molecule has 1 N–H and O–H groups in total. The number of hydrogen-bond acceptors (Lipinski definition) is 4. The van der Waals surface area contributed by atoms with Crippen molar-refractivity contribution in [1.29, 1.82) is 0 Å². The molecular formula is C15H18ClN3O. The number of aromatic nitrogens is 1. The second-order valence-electron chi connectivity index (χ2n) is 4.43. The predicted octanol–water partition coefficient (Wildman–Crippen LogP) is 3.42. The van der Waals surface area contributed by atoms with E-state index in [-0.39, 0.29) is 0 Å². The van der Waals surface area contributed by atoms with Crippen LogP contribution in [0.2, 0.25) is 5.02 Å². The molecule has 2 rings (SSSR count). The van der Waals surface area contributed by atoms with E-state index >= 15 is 0 Å². The van der Waals surface area contributed by atoms with Gasteiger partial charge in [-0.15, -0.1) is 0 Å². The monoisotopic (exact) mass is 291 g/mol. The van der Waals surface area contributed by atoms with Crippen molar-refractivity contribution in [1.82, 2.24) is 4.98 Å². The highest BCUT2D eigenvalue weighted by Gasteiger charge is 2.08. The van der Waals surface area contributed by atoms with Crippen molar-refractivity contribution in [3.63, 3.8) is 0 Å². The number of nitrogens with one attached hydrogen (secondary N) is 1. The normalized spacial score (nSPS) is 10.2. The van der Waals surface area contributed by atoms with Gasteiger partial charge in [0.2, 0.25) is 0 Å². The number of nitrogens with zero attached hydrogens (tertiary/aromatic N) is 2. The summed E-state index contributed by atoms with van der Waals surface area (Å²) in [5.41, 5.74) is 1.93. The molecule has 0 aliphatic heterocycles. The van der Waals surface area contributed by atoms with Crippen molar-refractivity contribution in [2.24, 2.45) is 0 Å². The highest BCUT2D eigenvalue weighted by molar-refractivity contribution is 6.31. The number of ether oxygens (including phenoxy) is 1. The van der Waals surface area contributed by atoms with Crippen molar-refractivity contribution >= 4 is 23.1 Å². The highest BCUT2D eigenvalue weighted by atomic mass is 35.5. The van der Waals surface area contributed by atoms with Crippen LogP contribution in [-0.4, -0.2) is 26.2 Å². The van der Waals surface area contributed by atoms with Crippen LogP contribution in [0.15, 0.2) is 36.4 Å². The molecule has 0 unspecified atom stereocenters. The van der Waals surface area contributed by atoms with Crippen LogP contribution < -0.4 is 15.0 Å². The molecule has 0 amide bonds. The molecule has 0 saturated carbocycles. The topological polar surface area (TPSA) is 37.4 Å². The number of rotatable bonds is 5. The van der Waals surface area contributed by atoms with Crippen LogP contribution >= 0.6 is 11.6 Å². The van der Waals surface area contributed by atoms with E-state index in [1.807, 2.05) is 50.5 Å². The Morgan fingerprint density at radius 2 is 1.90 bits per heavy atom. The van der Waals surface area contributed by atoms with E-state index in [1.54, 1.807) is 7.11 Å². The molecule has 4 nitrogen and oxygen atoms in total. The number of hydrogen-bond donors (Lipinski definition) is 1. The number of pyridine rings is 1. The smallest absolute Gasteiger partial charge is 0.126 e. The maximum Gasteiger partial charge on any atom is 0.126 e. The lowest BCUT2D eigenvalue weighted by Crippen LogP contribution is -2.17. The molecule has 0 aliphatic rings. The van der Waals surface area contributed by atoms with Gasteiger partial charge in [0.15, 0.2) is 0 Å². The summed E-state index contributed by atoms with van der Waals surface area (Å²) in [7, 11) is 5.50. The molecule has 20 heavy (non-hydrogen) atoms. The van der Waals surface area contributed by atoms with Gasteiger partial charge in [-0.3, -0.25) is 0 Å². The first kappa shape index (κ1) is 14.5. The first-order valence-electron chi connectivity index (χ1n) is 6.32. The van der Waals surface area contributed by atoms with E-state index in [2.05, 4.69) is 15.2 Å². The summed E-state index contributed by atoms with van der Waals surface area (Å²) in [6.45, 7) is 0.640. The van der Waals surface area contributed by atoms with Gasteiger partial charge in [0.1, 0.15) is 11.6 Å². The molecule has 5 heteroatoms. The molecule has 1 aromatic heterocycles. The summed E-state index contributed by atoms with van der Waals surface area (Å²) in [6, 6.07) is 11.6. The zero-order valence-electron chi connectivity index (χ0n) is 11.9. The van der Waals surface area contributed by atoms with Gasteiger partial charge in [-0.1, -0.05) is 11.6 Å². The van der Waals surface area contributed by atoms with Gasteiger partial charge in [-0.05, 0) is 36.4 Å². The van der Waals surface area contributed by atoms with Crippen LogP contribution in [0.25, 0.3) is 0 Å². The molecule has 1 heterocycles. The SMILES string of the molecule is CNc1ccc(Cl)c(CN(C)c2ccc(OC)cc2)n1. The largest absolute Gasteiger partial charge is 0.497 e.